The van der Waals surface area contributed by atoms with Crippen LogP contribution in [0.3, 0.4) is 0 Å². The molecule has 1 N–H and O–H groups in total. The number of methoxy groups -OCH3 is 1. The summed E-state index contributed by atoms with van der Waals surface area (Å²) in [5.74, 6) is 0.553. The Morgan fingerprint density at radius 3 is 2.82 bits per heavy atom. The van der Waals surface area contributed by atoms with E-state index < -0.39 is 0 Å². The summed E-state index contributed by atoms with van der Waals surface area (Å²) in [7, 11) is 1.65. The Balaban J connectivity index is 1.75. The number of fused-ring (bicyclic) bond motifs is 1. The van der Waals surface area contributed by atoms with Gasteiger partial charge in [0.15, 0.2) is 0 Å². The zero-order chi connectivity index (χ0) is 19.9. The molecule has 150 valence electrons. The number of halogens is 1. The summed E-state index contributed by atoms with van der Waals surface area (Å²) >= 11 is 0. The van der Waals surface area contributed by atoms with Crippen LogP contribution in [0.15, 0.2) is 42.5 Å². The first kappa shape index (κ1) is 20.1. The van der Waals surface area contributed by atoms with Crippen molar-refractivity contribution < 1.29 is 18.7 Å². The van der Waals surface area contributed by atoms with E-state index in [1.54, 1.807) is 19.2 Å². The molecule has 0 fully saturated rings. The molecule has 5 nitrogen and oxygen atoms in total. The molecule has 28 heavy (non-hydrogen) atoms. The van der Waals surface area contributed by atoms with Gasteiger partial charge in [-0.15, -0.1) is 0 Å². The van der Waals surface area contributed by atoms with E-state index in [1.807, 2.05) is 25.1 Å². The summed E-state index contributed by atoms with van der Waals surface area (Å²) in [6.07, 6.45) is 1.12. The molecule has 3 rings (SSSR count). The van der Waals surface area contributed by atoms with Crippen LogP contribution < -0.4 is 15.0 Å². The standard InChI is InChI=1S/C22H27FN2O3/c1-16-4-9-20-21(12-16)28-15-19(13-22(26)24-10-3-11-27-2)25(20)14-17-5-7-18(23)8-6-17/h4-9,12,19H,3,10-11,13-15H2,1-2H3,(H,24,26)/t19-/m0/s1. The van der Waals surface area contributed by atoms with Crippen LogP contribution in [0.4, 0.5) is 10.1 Å². The Labute approximate surface area is 165 Å². The first-order valence-electron chi connectivity index (χ1n) is 9.57. The molecular formula is C22H27FN2O3. The maximum Gasteiger partial charge on any atom is 0.222 e. The second kappa shape index (κ2) is 9.55. The maximum atomic E-state index is 13.3. The van der Waals surface area contributed by atoms with Crippen LogP contribution in [0.1, 0.15) is 24.0 Å². The molecule has 1 aliphatic heterocycles. The van der Waals surface area contributed by atoms with Gasteiger partial charge in [-0.3, -0.25) is 4.79 Å². The van der Waals surface area contributed by atoms with Gasteiger partial charge in [0.2, 0.25) is 5.91 Å². The van der Waals surface area contributed by atoms with Gasteiger partial charge in [-0.05, 0) is 48.7 Å². The van der Waals surface area contributed by atoms with Crippen molar-refractivity contribution in [3.63, 3.8) is 0 Å². The highest BCUT2D eigenvalue weighted by molar-refractivity contribution is 5.77. The molecule has 0 radical (unpaired) electrons. The SMILES string of the molecule is COCCCNC(=O)C[C@H]1COc2cc(C)ccc2N1Cc1ccc(F)cc1. The molecule has 1 aliphatic rings. The molecule has 1 heterocycles. The fourth-order valence-electron chi connectivity index (χ4n) is 3.35. The Bertz CT molecular complexity index is 795. The zero-order valence-corrected chi connectivity index (χ0v) is 16.4. The van der Waals surface area contributed by atoms with Crippen LogP contribution in [0.5, 0.6) is 5.75 Å². The van der Waals surface area contributed by atoms with E-state index in [1.165, 1.54) is 12.1 Å². The highest BCUT2D eigenvalue weighted by atomic mass is 19.1. The van der Waals surface area contributed by atoms with Gasteiger partial charge >= 0.3 is 0 Å². The number of amides is 1. The summed E-state index contributed by atoms with van der Waals surface area (Å²) in [6.45, 7) is 4.25. The van der Waals surface area contributed by atoms with Gasteiger partial charge in [0, 0.05) is 26.8 Å². The van der Waals surface area contributed by atoms with Crippen molar-refractivity contribution in [3.8, 4) is 5.75 Å². The highest BCUT2D eigenvalue weighted by Gasteiger charge is 2.29. The van der Waals surface area contributed by atoms with Crippen molar-refractivity contribution in [1.29, 1.82) is 0 Å². The normalized spacial score (nSPS) is 15.7. The Kier molecular flexibility index (Phi) is 6.87. The number of carbonyl (C=O) groups excluding carboxylic acids is 1. The van der Waals surface area contributed by atoms with Crippen LogP contribution in [-0.4, -0.2) is 38.8 Å². The summed E-state index contributed by atoms with van der Waals surface area (Å²) in [4.78, 5) is 14.6. The highest BCUT2D eigenvalue weighted by Crippen LogP contribution is 2.36. The Morgan fingerprint density at radius 2 is 2.07 bits per heavy atom. The van der Waals surface area contributed by atoms with Crippen LogP contribution in [0.25, 0.3) is 0 Å². The number of hydrogen-bond acceptors (Lipinski definition) is 4. The number of nitrogens with zero attached hydrogens (tertiary/aromatic N) is 1. The molecule has 0 saturated heterocycles. The molecule has 0 unspecified atom stereocenters. The van der Waals surface area contributed by atoms with Gasteiger partial charge in [-0.1, -0.05) is 18.2 Å². The second-order valence-corrected chi connectivity index (χ2v) is 7.09. The monoisotopic (exact) mass is 386 g/mol. The zero-order valence-electron chi connectivity index (χ0n) is 16.4. The predicted molar refractivity (Wildman–Crippen MR) is 107 cm³/mol. The maximum absolute atomic E-state index is 13.3. The predicted octanol–water partition coefficient (Wildman–Crippen LogP) is 3.44. The minimum Gasteiger partial charge on any atom is -0.489 e. The summed E-state index contributed by atoms with van der Waals surface area (Å²) < 4.78 is 24.2. The fraction of sp³-hybridized carbons (Fsp3) is 0.409. The van der Waals surface area contributed by atoms with Crippen LogP contribution in [-0.2, 0) is 16.1 Å². The molecular weight excluding hydrogens is 359 g/mol. The molecule has 0 bridgehead atoms. The van der Waals surface area contributed by atoms with E-state index in [-0.39, 0.29) is 17.8 Å². The summed E-state index contributed by atoms with van der Waals surface area (Å²) in [5.41, 5.74) is 3.06. The minimum atomic E-state index is -0.256. The third kappa shape index (κ3) is 5.23. The van der Waals surface area contributed by atoms with Crippen molar-refractivity contribution in [2.75, 3.05) is 31.8 Å². The molecule has 2 aromatic carbocycles. The quantitative estimate of drug-likeness (QED) is 0.706. The second-order valence-electron chi connectivity index (χ2n) is 7.09. The van der Waals surface area contributed by atoms with E-state index in [0.717, 1.165) is 29.0 Å². The number of benzene rings is 2. The number of carbonyl (C=O) groups is 1. The van der Waals surface area contributed by atoms with Crippen molar-refractivity contribution in [3.05, 3.63) is 59.4 Å². The van der Waals surface area contributed by atoms with Crippen LogP contribution in [0, 0.1) is 12.7 Å². The van der Waals surface area contributed by atoms with Gasteiger partial charge in [0.25, 0.3) is 0 Å². The third-order valence-electron chi connectivity index (χ3n) is 4.83. The number of rotatable bonds is 8. The van der Waals surface area contributed by atoms with E-state index in [2.05, 4.69) is 10.2 Å². The molecule has 1 amide bonds. The molecule has 2 aromatic rings. The largest absolute Gasteiger partial charge is 0.489 e. The van der Waals surface area contributed by atoms with E-state index in [9.17, 15) is 9.18 Å². The number of aryl methyl sites for hydroxylation is 1. The van der Waals surface area contributed by atoms with E-state index >= 15 is 0 Å². The van der Waals surface area contributed by atoms with Gasteiger partial charge in [0.1, 0.15) is 18.2 Å². The molecule has 0 spiro atoms. The Morgan fingerprint density at radius 1 is 1.29 bits per heavy atom. The average Bonchev–Trinajstić information content (AvgIpc) is 2.68. The molecule has 6 heteroatoms. The van der Waals surface area contributed by atoms with E-state index in [0.29, 0.717) is 32.7 Å². The topological polar surface area (TPSA) is 50.8 Å². The first-order chi connectivity index (χ1) is 13.6. The lowest BCUT2D eigenvalue weighted by Gasteiger charge is -2.38. The molecule has 0 saturated carbocycles. The lowest BCUT2D eigenvalue weighted by atomic mass is 10.0. The molecule has 1 atom stereocenters. The van der Waals surface area contributed by atoms with Crippen molar-refractivity contribution >= 4 is 11.6 Å². The first-order valence-corrected chi connectivity index (χ1v) is 9.57. The van der Waals surface area contributed by atoms with Gasteiger partial charge < -0.3 is 19.7 Å². The summed E-state index contributed by atoms with van der Waals surface area (Å²) in [5, 5.41) is 2.94. The molecule has 0 aromatic heterocycles. The minimum absolute atomic E-state index is 0.00984. The van der Waals surface area contributed by atoms with Gasteiger partial charge in [-0.25, -0.2) is 4.39 Å². The van der Waals surface area contributed by atoms with Gasteiger partial charge in [0.05, 0.1) is 18.2 Å². The fourth-order valence-corrected chi connectivity index (χ4v) is 3.35. The van der Waals surface area contributed by atoms with E-state index in [4.69, 9.17) is 9.47 Å². The number of hydrogen-bond donors (Lipinski definition) is 1. The molecule has 0 aliphatic carbocycles. The van der Waals surface area contributed by atoms with Gasteiger partial charge in [-0.2, -0.15) is 0 Å². The lowest BCUT2D eigenvalue weighted by Crippen LogP contribution is -2.45. The summed E-state index contributed by atoms with van der Waals surface area (Å²) in [6, 6.07) is 12.5. The van der Waals surface area contributed by atoms with Crippen LogP contribution >= 0.6 is 0 Å². The average molecular weight is 386 g/mol. The van der Waals surface area contributed by atoms with Crippen molar-refractivity contribution in [2.24, 2.45) is 0 Å². The number of anilines is 1. The van der Waals surface area contributed by atoms with Crippen LogP contribution in [0.2, 0.25) is 0 Å². The number of ether oxygens (including phenoxy) is 2. The van der Waals surface area contributed by atoms with Crippen molar-refractivity contribution in [1.82, 2.24) is 5.32 Å². The van der Waals surface area contributed by atoms with Crippen molar-refractivity contribution in [2.45, 2.75) is 32.4 Å². The lowest BCUT2D eigenvalue weighted by molar-refractivity contribution is -0.121. The Hall–Kier alpha value is -2.60. The number of nitrogens with one attached hydrogen (secondary N) is 1. The smallest absolute Gasteiger partial charge is 0.222 e. The third-order valence-corrected chi connectivity index (χ3v) is 4.83.